The van der Waals surface area contributed by atoms with E-state index in [1.807, 2.05) is 0 Å². The maximum absolute atomic E-state index is 13.8. The first-order valence-electron chi connectivity index (χ1n) is 8.09. The number of aryl methyl sites for hydroxylation is 1. The fourth-order valence-corrected chi connectivity index (χ4v) is 5.36. The second kappa shape index (κ2) is 6.98. The van der Waals surface area contributed by atoms with Gasteiger partial charge in [0.1, 0.15) is 5.82 Å². The van der Waals surface area contributed by atoms with Crippen LogP contribution in [0.15, 0.2) is 52.3 Å². The van der Waals surface area contributed by atoms with E-state index in [1.165, 1.54) is 46.8 Å². The van der Waals surface area contributed by atoms with E-state index < -0.39 is 25.9 Å². The van der Waals surface area contributed by atoms with E-state index in [0.717, 1.165) is 12.8 Å². The van der Waals surface area contributed by atoms with Crippen LogP contribution >= 0.6 is 0 Å². The Balaban J connectivity index is 1.86. The lowest BCUT2D eigenvalue weighted by Crippen LogP contribution is -2.27. The van der Waals surface area contributed by atoms with E-state index in [0.29, 0.717) is 18.7 Å². The predicted octanol–water partition coefficient (Wildman–Crippen LogP) is 2.72. The molecule has 3 rings (SSSR count). The van der Waals surface area contributed by atoms with Crippen molar-refractivity contribution in [1.82, 2.24) is 4.31 Å². The molecule has 26 heavy (non-hydrogen) atoms. The summed E-state index contributed by atoms with van der Waals surface area (Å²) in [6, 6.07) is 9.03. The number of hydrogen-bond donors (Lipinski definition) is 1. The molecule has 0 aliphatic carbocycles. The number of rotatable bonds is 5. The lowest BCUT2D eigenvalue weighted by molar-refractivity contribution is 0.477. The van der Waals surface area contributed by atoms with Gasteiger partial charge >= 0.3 is 0 Å². The third-order valence-electron chi connectivity index (χ3n) is 4.20. The van der Waals surface area contributed by atoms with Gasteiger partial charge in [-0.25, -0.2) is 21.2 Å². The van der Waals surface area contributed by atoms with Crippen LogP contribution in [0.25, 0.3) is 0 Å². The van der Waals surface area contributed by atoms with Crippen molar-refractivity contribution in [3.05, 3.63) is 53.8 Å². The van der Waals surface area contributed by atoms with Gasteiger partial charge in [0.25, 0.3) is 10.0 Å². The maximum Gasteiger partial charge on any atom is 0.261 e. The van der Waals surface area contributed by atoms with Crippen LogP contribution < -0.4 is 4.72 Å². The summed E-state index contributed by atoms with van der Waals surface area (Å²) in [4.78, 5) is -0.0983. The number of benzene rings is 2. The van der Waals surface area contributed by atoms with Crippen molar-refractivity contribution >= 4 is 25.7 Å². The molecule has 1 heterocycles. The molecule has 0 amide bonds. The molecule has 6 nitrogen and oxygen atoms in total. The summed E-state index contributed by atoms with van der Waals surface area (Å²) in [6.07, 6.45) is 1.63. The van der Waals surface area contributed by atoms with Crippen molar-refractivity contribution in [3.63, 3.8) is 0 Å². The van der Waals surface area contributed by atoms with Gasteiger partial charge < -0.3 is 0 Å². The molecule has 2 aromatic carbocycles. The predicted molar refractivity (Wildman–Crippen MR) is 96.4 cm³/mol. The van der Waals surface area contributed by atoms with E-state index in [2.05, 4.69) is 4.72 Å². The highest BCUT2D eigenvalue weighted by atomic mass is 32.2. The van der Waals surface area contributed by atoms with Gasteiger partial charge in [-0.15, -0.1) is 0 Å². The van der Waals surface area contributed by atoms with Gasteiger partial charge in [0.2, 0.25) is 10.0 Å². The summed E-state index contributed by atoms with van der Waals surface area (Å²) in [5.74, 6) is -0.688. The van der Waals surface area contributed by atoms with Gasteiger partial charge in [0.05, 0.1) is 15.5 Å². The van der Waals surface area contributed by atoms with E-state index in [9.17, 15) is 21.2 Å². The Labute approximate surface area is 152 Å². The van der Waals surface area contributed by atoms with Crippen molar-refractivity contribution in [1.29, 1.82) is 0 Å². The number of sulfonamides is 2. The van der Waals surface area contributed by atoms with Crippen LogP contribution in [-0.4, -0.2) is 34.2 Å². The molecular weight excluding hydrogens is 379 g/mol. The van der Waals surface area contributed by atoms with Gasteiger partial charge in [0.15, 0.2) is 0 Å². The van der Waals surface area contributed by atoms with E-state index >= 15 is 0 Å². The fraction of sp³-hybridized carbons (Fsp3) is 0.294. The Morgan fingerprint density at radius 1 is 0.923 bits per heavy atom. The number of nitrogens with zero attached hydrogens (tertiary/aromatic N) is 1. The van der Waals surface area contributed by atoms with Crippen molar-refractivity contribution in [3.8, 4) is 0 Å². The first-order valence-corrected chi connectivity index (χ1v) is 11.0. The van der Waals surface area contributed by atoms with Crippen LogP contribution in [0.2, 0.25) is 0 Å². The Bertz CT molecular complexity index is 1010. The monoisotopic (exact) mass is 398 g/mol. The largest absolute Gasteiger partial charge is 0.277 e. The van der Waals surface area contributed by atoms with Crippen LogP contribution in [-0.2, 0) is 20.0 Å². The molecule has 0 bridgehead atoms. The van der Waals surface area contributed by atoms with Crippen LogP contribution in [0.4, 0.5) is 10.1 Å². The Morgan fingerprint density at radius 2 is 1.50 bits per heavy atom. The molecule has 9 heteroatoms. The second-order valence-corrected chi connectivity index (χ2v) is 9.79. The number of hydrogen-bond acceptors (Lipinski definition) is 4. The van der Waals surface area contributed by atoms with Crippen molar-refractivity contribution in [2.75, 3.05) is 17.8 Å². The average Bonchev–Trinajstić information content (AvgIpc) is 3.13. The molecule has 0 radical (unpaired) electrons. The maximum atomic E-state index is 13.8. The lowest BCUT2D eigenvalue weighted by Gasteiger charge is -2.16. The van der Waals surface area contributed by atoms with Crippen LogP contribution in [0, 0.1) is 12.7 Å². The molecule has 140 valence electrons. The molecular formula is C17H19FN2O4S2. The molecule has 0 aromatic heterocycles. The average molecular weight is 398 g/mol. The summed E-state index contributed by atoms with van der Waals surface area (Å²) in [7, 11) is -7.65. The topological polar surface area (TPSA) is 83.5 Å². The summed E-state index contributed by atoms with van der Waals surface area (Å²) in [5.41, 5.74) is 0.551. The normalized spacial score (nSPS) is 15.9. The van der Waals surface area contributed by atoms with Gasteiger partial charge in [-0.2, -0.15) is 4.31 Å². The highest BCUT2D eigenvalue weighted by molar-refractivity contribution is 7.92. The lowest BCUT2D eigenvalue weighted by atomic mass is 10.2. The molecule has 1 aliphatic rings. The number of nitrogens with one attached hydrogen (secondary N) is 1. The minimum Gasteiger partial charge on any atom is -0.277 e. The first kappa shape index (κ1) is 18.8. The Hall–Kier alpha value is -1.97. The van der Waals surface area contributed by atoms with Crippen molar-refractivity contribution < 1.29 is 21.2 Å². The molecule has 0 spiro atoms. The Morgan fingerprint density at radius 3 is 2.12 bits per heavy atom. The quantitative estimate of drug-likeness (QED) is 0.839. The number of anilines is 1. The molecule has 0 atom stereocenters. The molecule has 0 unspecified atom stereocenters. The van der Waals surface area contributed by atoms with Crippen molar-refractivity contribution in [2.24, 2.45) is 0 Å². The standard InChI is InChI=1S/C17H19FN2O4S2/c1-13-4-9-16(18)17(12-13)19-25(21,22)14-5-7-15(8-6-14)26(23,24)20-10-2-3-11-20/h4-9,12,19H,2-3,10-11H2,1H3. The molecule has 1 saturated heterocycles. The van der Waals surface area contributed by atoms with E-state index in [-0.39, 0.29) is 15.5 Å². The van der Waals surface area contributed by atoms with E-state index in [1.54, 1.807) is 6.92 Å². The summed E-state index contributed by atoms with van der Waals surface area (Å²) in [5, 5.41) is 0. The minimum absolute atomic E-state index is 0.0417. The molecule has 2 aromatic rings. The van der Waals surface area contributed by atoms with Crippen LogP contribution in [0.5, 0.6) is 0 Å². The fourth-order valence-electron chi connectivity index (χ4n) is 2.79. The summed E-state index contributed by atoms with van der Waals surface area (Å²) < 4.78 is 67.2. The third kappa shape index (κ3) is 3.74. The molecule has 0 saturated carbocycles. The zero-order chi connectivity index (χ0) is 18.9. The minimum atomic E-state index is -4.03. The molecule has 1 aliphatic heterocycles. The number of halogens is 1. The SMILES string of the molecule is Cc1ccc(F)c(NS(=O)(=O)c2ccc(S(=O)(=O)N3CCCC3)cc2)c1. The zero-order valence-corrected chi connectivity index (χ0v) is 15.8. The highest BCUT2D eigenvalue weighted by Crippen LogP contribution is 2.24. The third-order valence-corrected chi connectivity index (χ3v) is 7.50. The second-order valence-electron chi connectivity index (χ2n) is 6.17. The summed E-state index contributed by atoms with van der Waals surface area (Å²) in [6.45, 7) is 2.66. The van der Waals surface area contributed by atoms with Gasteiger partial charge in [-0.05, 0) is 61.7 Å². The molecule has 1 fully saturated rings. The summed E-state index contributed by atoms with van der Waals surface area (Å²) >= 11 is 0. The van der Waals surface area contributed by atoms with Crippen LogP contribution in [0.1, 0.15) is 18.4 Å². The van der Waals surface area contributed by atoms with Gasteiger partial charge in [-0.1, -0.05) is 6.07 Å². The molecule has 1 N–H and O–H groups in total. The highest BCUT2D eigenvalue weighted by Gasteiger charge is 2.27. The van der Waals surface area contributed by atoms with E-state index in [4.69, 9.17) is 0 Å². The van der Waals surface area contributed by atoms with Crippen molar-refractivity contribution in [2.45, 2.75) is 29.6 Å². The van der Waals surface area contributed by atoms with Gasteiger partial charge in [-0.3, -0.25) is 4.72 Å². The first-order chi connectivity index (χ1) is 12.2. The smallest absolute Gasteiger partial charge is 0.261 e. The van der Waals surface area contributed by atoms with Gasteiger partial charge in [0, 0.05) is 13.1 Å². The van der Waals surface area contributed by atoms with Crippen LogP contribution in [0.3, 0.4) is 0 Å². The Kier molecular flexibility index (Phi) is 5.05. The zero-order valence-electron chi connectivity index (χ0n) is 14.1.